The number of nitrogens with two attached hydrogens (primary N) is 1. The van der Waals surface area contributed by atoms with Crippen LogP contribution < -0.4 is 5.73 Å². The van der Waals surface area contributed by atoms with E-state index in [1.165, 1.54) is 4.90 Å². The maximum Gasteiger partial charge on any atom is 0.253 e. The number of aliphatic hydroxyl groups is 1. The van der Waals surface area contributed by atoms with Crippen LogP contribution in [0.1, 0.15) is 29.6 Å². The van der Waals surface area contributed by atoms with Crippen LogP contribution in [0.4, 0.5) is 14.5 Å². The average molecular weight is 272 g/mol. The van der Waals surface area contributed by atoms with E-state index in [1.54, 1.807) is 7.05 Å². The monoisotopic (exact) mass is 272 g/mol. The second-order valence-corrected chi connectivity index (χ2v) is 4.36. The van der Waals surface area contributed by atoms with E-state index >= 15 is 0 Å². The van der Waals surface area contributed by atoms with Crippen molar-refractivity contribution in [1.82, 2.24) is 4.90 Å². The lowest BCUT2D eigenvalue weighted by molar-refractivity contribution is 0.0791. The first-order chi connectivity index (χ1) is 8.97. The van der Waals surface area contributed by atoms with Crippen LogP contribution in [0.3, 0.4) is 0 Å². The van der Waals surface area contributed by atoms with Crippen molar-refractivity contribution in [3.8, 4) is 0 Å². The molecule has 0 saturated heterocycles. The van der Waals surface area contributed by atoms with Gasteiger partial charge in [-0.3, -0.25) is 4.79 Å². The summed E-state index contributed by atoms with van der Waals surface area (Å²) in [5.74, 6) is -2.32. The topological polar surface area (TPSA) is 66.6 Å². The van der Waals surface area contributed by atoms with Gasteiger partial charge in [-0.25, -0.2) is 8.78 Å². The SMILES string of the molecule is CN(CCCCCO)C(=O)c1cc(F)c(N)c(F)c1. The molecular formula is C13H18F2N2O2. The zero-order valence-corrected chi connectivity index (χ0v) is 10.8. The van der Waals surface area contributed by atoms with E-state index in [9.17, 15) is 13.6 Å². The highest BCUT2D eigenvalue weighted by Gasteiger charge is 2.16. The van der Waals surface area contributed by atoms with E-state index in [4.69, 9.17) is 10.8 Å². The first-order valence-electron chi connectivity index (χ1n) is 6.08. The summed E-state index contributed by atoms with van der Waals surface area (Å²) in [4.78, 5) is 13.3. The highest BCUT2D eigenvalue weighted by atomic mass is 19.1. The highest BCUT2D eigenvalue weighted by Crippen LogP contribution is 2.18. The number of hydrogen-bond donors (Lipinski definition) is 2. The highest BCUT2D eigenvalue weighted by molar-refractivity contribution is 5.94. The molecule has 0 aliphatic heterocycles. The third-order valence-electron chi connectivity index (χ3n) is 2.82. The molecule has 1 rings (SSSR count). The van der Waals surface area contributed by atoms with Crippen LogP contribution >= 0.6 is 0 Å². The lowest BCUT2D eigenvalue weighted by Crippen LogP contribution is -2.28. The maximum absolute atomic E-state index is 13.3. The molecule has 0 aromatic heterocycles. The molecule has 4 nitrogen and oxygen atoms in total. The molecule has 0 fully saturated rings. The zero-order chi connectivity index (χ0) is 14.4. The number of nitrogens with zero attached hydrogens (tertiary/aromatic N) is 1. The van der Waals surface area contributed by atoms with Gasteiger partial charge >= 0.3 is 0 Å². The summed E-state index contributed by atoms with van der Waals surface area (Å²) in [6.07, 6.45) is 2.19. The van der Waals surface area contributed by atoms with Crippen molar-refractivity contribution in [2.75, 3.05) is 25.9 Å². The van der Waals surface area contributed by atoms with Crippen molar-refractivity contribution in [2.45, 2.75) is 19.3 Å². The van der Waals surface area contributed by atoms with Crippen molar-refractivity contribution < 1.29 is 18.7 Å². The number of benzene rings is 1. The number of anilines is 1. The second-order valence-electron chi connectivity index (χ2n) is 4.36. The quantitative estimate of drug-likeness (QED) is 0.613. The van der Waals surface area contributed by atoms with E-state index in [-0.39, 0.29) is 12.2 Å². The molecule has 0 radical (unpaired) electrons. The van der Waals surface area contributed by atoms with Crippen molar-refractivity contribution >= 4 is 11.6 Å². The number of nitrogen functional groups attached to an aromatic ring is 1. The summed E-state index contributed by atoms with van der Waals surface area (Å²) in [5, 5.41) is 8.63. The standard InChI is InChI=1S/C13H18F2N2O2/c1-17(5-3-2-4-6-18)13(19)9-7-10(14)12(16)11(15)8-9/h7-8,18H,2-6,16H2,1H3. The Bertz CT molecular complexity index is 429. The Morgan fingerprint density at radius 3 is 2.37 bits per heavy atom. The van der Waals surface area contributed by atoms with Gasteiger partial charge in [-0.2, -0.15) is 0 Å². The van der Waals surface area contributed by atoms with Crippen molar-refractivity contribution in [3.63, 3.8) is 0 Å². The molecule has 1 aromatic rings. The van der Waals surface area contributed by atoms with Gasteiger partial charge < -0.3 is 15.7 Å². The van der Waals surface area contributed by atoms with E-state index in [0.717, 1.165) is 25.0 Å². The Morgan fingerprint density at radius 1 is 1.26 bits per heavy atom. The van der Waals surface area contributed by atoms with Gasteiger partial charge in [-0.05, 0) is 31.4 Å². The third kappa shape index (κ3) is 4.17. The minimum atomic E-state index is -0.933. The number of hydrogen-bond acceptors (Lipinski definition) is 3. The fourth-order valence-corrected chi connectivity index (χ4v) is 1.67. The van der Waals surface area contributed by atoms with E-state index in [0.29, 0.717) is 13.0 Å². The van der Waals surface area contributed by atoms with Gasteiger partial charge in [-0.15, -0.1) is 0 Å². The molecule has 19 heavy (non-hydrogen) atoms. The molecule has 106 valence electrons. The summed E-state index contributed by atoms with van der Waals surface area (Å²) in [6, 6.07) is 1.87. The van der Waals surface area contributed by atoms with Crippen molar-refractivity contribution in [3.05, 3.63) is 29.3 Å². The van der Waals surface area contributed by atoms with Gasteiger partial charge in [0.15, 0.2) is 0 Å². The molecular weight excluding hydrogens is 254 g/mol. The maximum atomic E-state index is 13.3. The van der Waals surface area contributed by atoms with Crippen molar-refractivity contribution in [2.24, 2.45) is 0 Å². The fraction of sp³-hybridized carbons (Fsp3) is 0.462. The molecule has 0 unspecified atom stereocenters. The number of carbonyl (C=O) groups excluding carboxylic acids is 1. The first-order valence-corrected chi connectivity index (χ1v) is 6.08. The molecule has 3 N–H and O–H groups in total. The Balaban J connectivity index is 2.66. The number of aliphatic hydroxyl groups excluding tert-OH is 1. The molecule has 0 heterocycles. The minimum Gasteiger partial charge on any atom is -0.396 e. The van der Waals surface area contributed by atoms with Gasteiger partial charge in [0, 0.05) is 25.8 Å². The average Bonchev–Trinajstić information content (AvgIpc) is 2.39. The summed E-state index contributed by atoms with van der Waals surface area (Å²) in [6.45, 7) is 0.582. The van der Waals surface area contributed by atoms with Crippen LogP contribution in [0.2, 0.25) is 0 Å². The molecule has 0 atom stereocenters. The van der Waals surface area contributed by atoms with Crippen LogP contribution in [0.5, 0.6) is 0 Å². The van der Waals surface area contributed by atoms with Gasteiger partial charge in [0.2, 0.25) is 0 Å². The summed E-state index contributed by atoms with van der Waals surface area (Å²) in [5.41, 5.74) is 4.50. The Hall–Kier alpha value is -1.69. The zero-order valence-electron chi connectivity index (χ0n) is 10.8. The van der Waals surface area contributed by atoms with Crippen LogP contribution in [0.25, 0.3) is 0 Å². The fourth-order valence-electron chi connectivity index (χ4n) is 1.67. The van der Waals surface area contributed by atoms with E-state index in [1.807, 2.05) is 0 Å². The number of halogens is 2. The van der Waals surface area contributed by atoms with Gasteiger partial charge in [-0.1, -0.05) is 0 Å². The van der Waals surface area contributed by atoms with Crippen molar-refractivity contribution in [1.29, 1.82) is 0 Å². The van der Waals surface area contributed by atoms with Gasteiger partial charge in [0.1, 0.15) is 17.3 Å². The predicted octanol–water partition coefficient (Wildman–Crippen LogP) is 1.78. The summed E-state index contributed by atoms with van der Waals surface area (Å²) >= 11 is 0. The van der Waals surface area contributed by atoms with Gasteiger partial charge in [0.25, 0.3) is 5.91 Å². The molecule has 0 bridgehead atoms. The molecule has 1 aromatic carbocycles. The van der Waals surface area contributed by atoms with Crippen LogP contribution in [0.15, 0.2) is 12.1 Å². The molecule has 1 amide bonds. The first kappa shape index (κ1) is 15.4. The van der Waals surface area contributed by atoms with Crippen LogP contribution in [0, 0.1) is 11.6 Å². The van der Waals surface area contributed by atoms with E-state index in [2.05, 4.69) is 0 Å². The minimum absolute atomic E-state index is 0.0612. The van der Waals surface area contributed by atoms with Crippen LogP contribution in [-0.2, 0) is 0 Å². The molecule has 6 heteroatoms. The largest absolute Gasteiger partial charge is 0.396 e. The summed E-state index contributed by atoms with van der Waals surface area (Å²) < 4.78 is 26.5. The third-order valence-corrected chi connectivity index (χ3v) is 2.82. The second kappa shape index (κ2) is 7.04. The Labute approximate surface area is 110 Å². The molecule has 0 saturated carbocycles. The number of rotatable bonds is 6. The lowest BCUT2D eigenvalue weighted by Gasteiger charge is -2.17. The van der Waals surface area contributed by atoms with Gasteiger partial charge in [0.05, 0.1) is 0 Å². The van der Waals surface area contributed by atoms with E-state index < -0.39 is 23.2 Å². The molecule has 0 aliphatic carbocycles. The Morgan fingerprint density at radius 2 is 1.84 bits per heavy atom. The lowest BCUT2D eigenvalue weighted by atomic mass is 10.1. The predicted molar refractivity (Wildman–Crippen MR) is 68.7 cm³/mol. The smallest absolute Gasteiger partial charge is 0.253 e. The summed E-state index contributed by atoms with van der Waals surface area (Å²) in [7, 11) is 1.56. The normalized spacial score (nSPS) is 10.5. The number of carbonyl (C=O) groups is 1. The van der Waals surface area contributed by atoms with Crippen LogP contribution in [-0.4, -0.2) is 36.1 Å². The Kier molecular flexibility index (Phi) is 5.69. The molecule has 0 aliphatic rings. The number of unbranched alkanes of at least 4 members (excludes halogenated alkanes) is 2. The number of amides is 1. The molecule has 0 spiro atoms.